The number of hydrogen-bond acceptors (Lipinski definition) is 5. The fourth-order valence-electron chi connectivity index (χ4n) is 5.53. The van der Waals surface area contributed by atoms with E-state index >= 15 is 0 Å². The Hall–Kier alpha value is -3.61. The first kappa shape index (κ1) is 21.0. The summed E-state index contributed by atoms with van der Waals surface area (Å²) >= 11 is 0. The number of amides is 1. The van der Waals surface area contributed by atoms with Gasteiger partial charge in [-0.05, 0) is 50.0 Å². The Morgan fingerprint density at radius 1 is 1.09 bits per heavy atom. The minimum absolute atomic E-state index is 0.0979. The highest BCUT2D eigenvalue weighted by Crippen LogP contribution is 2.36. The zero-order chi connectivity index (χ0) is 23.2. The van der Waals surface area contributed by atoms with Crippen molar-refractivity contribution in [2.75, 3.05) is 31.1 Å². The normalized spacial score (nSPS) is 19.8. The first-order chi connectivity index (χ1) is 16.6. The van der Waals surface area contributed by atoms with Crippen LogP contribution in [0.4, 0.5) is 5.69 Å². The summed E-state index contributed by atoms with van der Waals surface area (Å²) in [5.41, 5.74) is 3.46. The molecule has 174 valence electrons. The van der Waals surface area contributed by atoms with Gasteiger partial charge in [0, 0.05) is 68.2 Å². The molecule has 1 amide bonds. The molecule has 3 aromatic rings. The van der Waals surface area contributed by atoms with Crippen molar-refractivity contribution in [2.24, 2.45) is 13.0 Å². The van der Waals surface area contributed by atoms with Crippen LogP contribution in [0.2, 0.25) is 0 Å². The molecule has 0 unspecified atom stereocenters. The van der Waals surface area contributed by atoms with Gasteiger partial charge >= 0.3 is 0 Å². The average molecular weight is 457 g/mol. The second-order valence-electron chi connectivity index (χ2n) is 9.45. The van der Waals surface area contributed by atoms with Crippen LogP contribution in [-0.4, -0.2) is 52.3 Å². The maximum absolute atomic E-state index is 12.9. The third-order valence-electron chi connectivity index (χ3n) is 7.33. The SMILES string of the molecule is Cn1cc(/C=C2\Oc3ccccc3C2=O)c2c(N3CCC(C(=O)N4CCCC4)CC3)ccnc21. The topological polar surface area (TPSA) is 67.7 Å². The van der Waals surface area contributed by atoms with Crippen molar-refractivity contribution in [2.45, 2.75) is 25.7 Å². The summed E-state index contributed by atoms with van der Waals surface area (Å²) in [6.45, 7) is 3.48. The van der Waals surface area contributed by atoms with Crippen LogP contribution in [0.15, 0.2) is 48.5 Å². The van der Waals surface area contributed by atoms with E-state index in [-0.39, 0.29) is 11.7 Å². The van der Waals surface area contributed by atoms with E-state index in [1.54, 1.807) is 6.07 Å². The fourth-order valence-corrected chi connectivity index (χ4v) is 5.53. The minimum atomic E-state index is -0.0979. The molecule has 0 spiro atoms. The van der Waals surface area contributed by atoms with E-state index in [9.17, 15) is 9.59 Å². The van der Waals surface area contributed by atoms with Gasteiger partial charge in [-0.25, -0.2) is 4.98 Å². The van der Waals surface area contributed by atoms with Gasteiger partial charge in [0.05, 0.1) is 5.56 Å². The number of Topliss-reactive ketones (excluding diaryl/α,β-unsaturated/α-hetero) is 1. The van der Waals surface area contributed by atoms with E-state index in [1.165, 1.54) is 0 Å². The van der Waals surface area contributed by atoms with Gasteiger partial charge in [-0.3, -0.25) is 9.59 Å². The first-order valence-electron chi connectivity index (χ1n) is 12.1. The van der Waals surface area contributed by atoms with Crippen LogP contribution in [0.25, 0.3) is 17.1 Å². The van der Waals surface area contributed by atoms with Crippen LogP contribution in [0.5, 0.6) is 5.75 Å². The number of pyridine rings is 1. The van der Waals surface area contributed by atoms with Crippen molar-refractivity contribution in [3.05, 3.63) is 59.6 Å². The van der Waals surface area contributed by atoms with E-state index in [0.717, 1.165) is 74.1 Å². The fraction of sp³-hybridized carbons (Fsp3) is 0.370. The lowest BCUT2D eigenvalue weighted by molar-refractivity contribution is -0.135. The number of nitrogens with zero attached hydrogens (tertiary/aromatic N) is 4. The molecule has 2 saturated heterocycles. The Morgan fingerprint density at radius 2 is 1.85 bits per heavy atom. The van der Waals surface area contributed by atoms with Crippen molar-refractivity contribution in [3.63, 3.8) is 0 Å². The Kier molecular flexibility index (Phi) is 5.12. The van der Waals surface area contributed by atoms with Crippen molar-refractivity contribution in [1.29, 1.82) is 0 Å². The van der Waals surface area contributed by atoms with Gasteiger partial charge in [0.2, 0.25) is 11.7 Å². The third-order valence-corrected chi connectivity index (χ3v) is 7.33. The van der Waals surface area contributed by atoms with Crippen LogP contribution in [0, 0.1) is 5.92 Å². The Morgan fingerprint density at radius 3 is 2.62 bits per heavy atom. The predicted molar refractivity (Wildman–Crippen MR) is 131 cm³/mol. The number of benzene rings is 1. The van der Waals surface area contributed by atoms with Gasteiger partial charge in [0.25, 0.3) is 0 Å². The number of hydrogen-bond donors (Lipinski definition) is 0. The number of para-hydroxylation sites is 1. The molecule has 0 atom stereocenters. The van der Waals surface area contributed by atoms with Gasteiger partial charge in [-0.2, -0.15) is 0 Å². The Bertz CT molecular complexity index is 1310. The minimum Gasteiger partial charge on any atom is -0.452 e. The summed E-state index contributed by atoms with van der Waals surface area (Å²) in [5, 5.41) is 1.01. The number of aryl methyl sites for hydroxylation is 1. The predicted octanol–water partition coefficient (Wildman–Crippen LogP) is 4.03. The van der Waals surface area contributed by atoms with Crippen molar-refractivity contribution < 1.29 is 14.3 Å². The van der Waals surface area contributed by atoms with Crippen molar-refractivity contribution in [1.82, 2.24) is 14.5 Å². The highest BCUT2D eigenvalue weighted by Gasteiger charge is 2.31. The molecule has 3 aliphatic rings. The number of allylic oxidation sites excluding steroid dienone is 1. The molecule has 0 saturated carbocycles. The van der Waals surface area contributed by atoms with Crippen molar-refractivity contribution in [3.8, 4) is 5.75 Å². The zero-order valence-corrected chi connectivity index (χ0v) is 19.4. The molecular formula is C27H28N4O3. The molecule has 7 heteroatoms. The van der Waals surface area contributed by atoms with Gasteiger partial charge in [0.1, 0.15) is 11.4 Å². The van der Waals surface area contributed by atoms with Crippen LogP contribution < -0.4 is 9.64 Å². The molecule has 34 heavy (non-hydrogen) atoms. The molecule has 5 heterocycles. The Balaban J connectivity index is 1.29. The number of rotatable bonds is 3. The number of fused-ring (bicyclic) bond motifs is 2. The summed E-state index contributed by atoms with van der Waals surface area (Å²) in [6.07, 6.45) is 9.64. The third kappa shape index (κ3) is 3.47. The number of carbonyl (C=O) groups excluding carboxylic acids is 2. The monoisotopic (exact) mass is 456 g/mol. The van der Waals surface area contributed by atoms with Gasteiger partial charge in [0.15, 0.2) is 5.76 Å². The van der Waals surface area contributed by atoms with Crippen LogP contribution >= 0.6 is 0 Å². The van der Waals surface area contributed by atoms with Gasteiger partial charge < -0.3 is 19.1 Å². The summed E-state index contributed by atoms with van der Waals surface area (Å²) in [4.78, 5) is 34.8. The maximum atomic E-state index is 12.9. The highest BCUT2D eigenvalue weighted by atomic mass is 16.5. The lowest BCUT2D eigenvalue weighted by Crippen LogP contribution is -2.41. The van der Waals surface area contributed by atoms with E-state index < -0.39 is 0 Å². The second kappa shape index (κ2) is 8.31. The molecule has 2 fully saturated rings. The molecule has 2 aromatic heterocycles. The quantitative estimate of drug-likeness (QED) is 0.557. The smallest absolute Gasteiger partial charge is 0.231 e. The molecular weight excluding hydrogens is 428 g/mol. The molecule has 0 aliphatic carbocycles. The summed E-state index contributed by atoms with van der Waals surface area (Å²) in [5.74, 6) is 1.28. The van der Waals surface area contributed by atoms with E-state index in [4.69, 9.17) is 4.74 Å². The molecule has 7 nitrogen and oxygen atoms in total. The molecule has 6 rings (SSSR count). The first-order valence-corrected chi connectivity index (χ1v) is 12.1. The number of ether oxygens (including phenoxy) is 1. The molecule has 0 N–H and O–H groups in total. The van der Waals surface area contributed by atoms with Crippen LogP contribution in [0.1, 0.15) is 41.6 Å². The van der Waals surface area contributed by atoms with Gasteiger partial charge in [-0.1, -0.05) is 12.1 Å². The lowest BCUT2D eigenvalue weighted by Gasteiger charge is -2.35. The lowest BCUT2D eigenvalue weighted by atomic mass is 9.94. The number of anilines is 1. The number of piperidine rings is 1. The Labute approximate surface area is 198 Å². The summed E-state index contributed by atoms with van der Waals surface area (Å²) in [6, 6.07) is 9.37. The second-order valence-corrected chi connectivity index (χ2v) is 9.45. The van der Waals surface area contributed by atoms with Crippen LogP contribution in [0.3, 0.4) is 0 Å². The largest absolute Gasteiger partial charge is 0.452 e. The number of aromatic nitrogens is 2. The average Bonchev–Trinajstić information content (AvgIpc) is 3.59. The summed E-state index contributed by atoms with van der Waals surface area (Å²) < 4.78 is 7.87. The van der Waals surface area contributed by atoms with E-state index in [0.29, 0.717) is 23.0 Å². The molecule has 1 aromatic carbocycles. The zero-order valence-electron chi connectivity index (χ0n) is 19.4. The number of likely N-dealkylation sites (tertiary alicyclic amines) is 1. The van der Waals surface area contributed by atoms with E-state index in [1.807, 2.05) is 59.2 Å². The van der Waals surface area contributed by atoms with Crippen LogP contribution in [-0.2, 0) is 11.8 Å². The maximum Gasteiger partial charge on any atom is 0.231 e. The standard InChI is InChI=1S/C27H28N4O3/c1-29-17-19(16-23-25(32)20-6-2-3-7-22(20)34-23)24-21(8-11-28-26(24)29)30-14-9-18(10-15-30)27(33)31-12-4-5-13-31/h2-3,6-8,11,16-18H,4-5,9-10,12-15H2,1H3/b23-16-. The molecule has 0 radical (unpaired) electrons. The number of ketones is 1. The molecule has 3 aliphatic heterocycles. The van der Waals surface area contributed by atoms with Crippen molar-refractivity contribution >= 4 is 34.5 Å². The highest BCUT2D eigenvalue weighted by molar-refractivity contribution is 6.15. The number of carbonyl (C=O) groups is 2. The van der Waals surface area contributed by atoms with E-state index in [2.05, 4.69) is 9.88 Å². The molecule has 0 bridgehead atoms. The summed E-state index contributed by atoms with van der Waals surface area (Å²) in [7, 11) is 1.97. The van der Waals surface area contributed by atoms with Gasteiger partial charge in [-0.15, -0.1) is 0 Å².